The number of amides is 1. The highest BCUT2D eigenvalue weighted by Gasteiger charge is 2.17. The van der Waals surface area contributed by atoms with Crippen molar-refractivity contribution in [2.24, 2.45) is 5.14 Å². The summed E-state index contributed by atoms with van der Waals surface area (Å²) >= 11 is 3.14. The normalized spacial score (nSPS) is 11.1. The van der Waals surface area contributed by atoms with Gasteiger partial charge in [0.25, 0.3) is 5.91 Å². The first-order valence-corrected chi connectivity index (χ1v) is 7.21. The van der Waals surface area contributed by atoms with E-state index in [1.807, 2.05) is 0 Å². The number of halogens is 1. The minimum Gasteiger partial charge on any atom is -0.482 e. The highest BCUT2D eigenvalue weighted by molar-refractivity contribution is 9.10. The Morgan fingerprint density at radius 1 is 1.44 bits per heavy atom. The summed E-state index contributed by atoms with van der Waals surface area (Å²) in [4.78, 5) is 12.5. The summed E-state index contributed by atoms with van der Waals surface area (Å²) in [6.45, 7) is -0.253. The maximum Gasteiger partial charge on any atom is 0.259 e. The number of primary sulfonamides is 1. The number of carbonyl (C=O) groups excluding carboxylic acids is 1. The number of ether oxygens (including phenoxy) is 1. The summed E-state index contributed by atoms with van der Waals surface area (Å²) in [7, 11) is -0.750. The Hall–Kier alpha value is -1.12. The van der Waals surface area contributed by atoms with E-state index < -0.39 is 10.0 Å². The van der Waals surface area contributed by atoms with Crippen LogP contribution in [0.2, 0.25) is 0 Å². The molecule has 0 unspecified atom stereocenters. The van der Waals surface area contributed by atoms with Gasteiger partial charge in [-0.15, -0.1) is 0 Å². The van der Waals surface area contributed by atoms with Gasteiger partial charge in [0.15, 0.2) is 6.61 Å². The summed E-state index contributed by atoms with van der Waals surface area (Å²) in [5.41, 5.74) is 0. The third-order valence-corrected chi connectivity index (χ3v) is 3.49. The van der Waals surface area contributed by atoms with Gasteiger partial charge in [0.1, 0.15) is 10.6 Å². The molecule has 2 N–H and O–H groups in total. The topological polar surface area (TPSA) is 89.7 Å². The summed E-state index contributed by atoms with van der Waals surface area (Å²) < 4.78 is 28.5. The molecule has 0 bridgehead atoms. The molecule has 18 heavy (non-hydrogen) atoms. The van der Waals surface area contributed by atoms with Gasteiger partial charge in [0.2, 0.25) is 10.0 Å². The van der Waals surface area contributed by atoms with Crippen LogP contribution in [0.3, 0.4) is 0 Å². The number of hydrogen-bond donors (Lipinski definition) is 1. The van der Waals surface area contributed by atoms with Gasteiger partial charge in [-0.3, -0.25) is 4.79 Å². The molecule has 0 aliphatic heterocycles. The Balaban J connectivity index is 3.00. The van der Waals surface area contributed by atoms with Gasteiger partial charge in [-0.2, -0.15) is 0 Å². The molecule has 0 atom stereocenters. The van der Waals surface area contributed by atoms with Crippen molar-refractivity contribution in [1.82, 2.24) is 4.90 Å². The van der Waals surface area contributed by atoms with Gasteiger partial charge in [0, 0.05) is 18.6 Å². The predicted octanol–water partition coefficient (Wildman–Crippen LogP) is 0.564. The molecule has 100 valence electrons. The SMILES string of the molecule is CN(C)C(=O)COc1ccc(Br)cc1S(N)(=O)=O. The zero-order valence-electron chi connectivity index (χ0n) is 9.88. The second-order valence-corrected chi connectivity index (χ2v) is 6.16. The quantitative estimate of drug-likeness (QED) is 0.869. The van der Waals surface area contributed by atoms with Crippen LogP contribution < -0.4 is 9.88 Å². The smallest absolute Gasteiger partial charge is 0.259 e. The van der Waals surface area contributed by atoms with E-state index in [0.717, 1.165) is 0 Å². The van der Waals surface area contributed by atoms with Crippen molar-refractivity contribution in [1.29, 1.82) is 0 Å². The van der Waals surface area contributed by atoms with E-state index in [0.29, 0.717) is 4.47 Å². The lowest BCUT2D eigenvalue weighted by Crippen LogP contribution is -2.28. The molecule has 0 heterocycles. The molecule has 0 saturated heterocycles. The molecule has 0 saturated carbocycles. The number of hydrogen-bond acceptors (Lipinski definition) is 4. The van der Waals surface area contributed by atoms with E-state index in [1.54, 1.807) is 20.2 Å². The number of likely N-dealkylation sites (N-methyl/N-ethyl adjacent to an activating group) is 1. The molecule has 0 aliphatic rings. The lowest BCUT2D eigenvalue weighted by atomic mass is 10.3. The standard InChI is InChI=1S/C10H13BrN2O4S/c1-13(2)10(14)6-17-8-4-3-7(11)5-9(8)18(12,15)16/h3-5H,6H2,1-2H3,(H2,12,15,16). The van der Waals surface area contributed by atoms with Crippen LogP contribution >= 0.6 is 15.9 Å². The Morgan fingerprint density at radius 2 is 2.06 bits per heavy atom. The maximum atomic E-state index is 11.4. The van der Waals surface area contributed by atoms with Gasteiger partial charge < -0.3 is 9.64 Å². The van der Waals surface area contributed by atoms with E-state index in [1.165, 1.54) is 17.0 Å². The molecule has 0 aliphatic carbocycles. The Kier molecular flexibility index (Phi) is 4.71. The number of nitrogens with zero attached hydrogens (tertiary/aromatic N) is 1. The molecule has 1 rings (SSSR count). The number of benzene rings is 1. The zero-order chi connectivity index (χ0) is 13.9. The first-order valence-electron chi connectivity index (χ1n) is 4.87. The monoisotopic (exact) mass is 336 g/mol. The van der Waals surface area contributed by atoms with E-state index in [4.69, 9.17) is 9.88 Å². The number of rotatable bonds is 4. The highest BCUT2D eigenvalue weighted by Crippen LogP contribution is 2.26. The summed E-state index contributed by atoms with van der Waals surface area (Å²) in [6, 6.07) is 4.36. The van der Waals surface area contributed by atoms with Gasteiger partial charge in [-0.05, 0) is 18.2 Å². The zero-order valence-corrected chi connectivity index (χ0v) is 12.3. The van der Waals surface area contributed by atoms with Crippen LogP contribution in [-0.2, 0) is 14.8 Å². The molecule has 0 spiro atoms. The minimum absolute atomic E-state index is 0.0518. The Morgan fingerprint density at radius 3 is 2.56 bits per heavy atom. The third kappa shape index (κ3) is 3.97. The largest absolute Gasteiger partial charge is 0.482 e. The molecular weight excluding hydrogens is 324 g/mol. The van der Waals surface area contributed by atoms with Gasteiger partial charge in [-0.1, -0.05) is 15.9 Å². The molecule has 1 aromatic rings. The summed E-state index contributed by atoms with van der Waals surface area (Å²) in [6.07, 6.45) is 0. The number of sulfonamides is 1. The fourth-order valence-corrected chi connectivity index (χ4v) is 2.30. The molecule has 0 radical (unpaired) electrons. The van der Waals surface area contributed by atoms with Crippen LogP contribution in [0.25, 0.3) is 0 Å². The van der Waals surface area contributed by atoms with Gasteiger partial charge in [-0.25, -0.2) is 13.6 Å². The second kappa shape index (κ2) is 5.68. The van der Waals surface area contributed by atoms with Crippen molar-refractivity contribution in [3.05, 3.63) is 22.7 Å². The molecule has 0 aromatic heterocycles. The van der Waals surface area contributed by atoms with E-state index in [2.05, 4.69) is 15.9 Å². The minimum atomic E-state index is -3.90. The first-order chi connectivity index (χ1) is 8.21. The molecule has 6 nitrogen and oxygen atoms in total. The van der Waals surface area contributed by atoms with Crippen LogP contribution in [0, 0.1) is 0 Å². The van der Waals surface area contributed by atoms with E-state index in [9.17, 15) is 13.2 Å². The van der Waals surface area contributed by atoms with Crippen molar-refractivity contribution in [2.75, 3.05) is 20.7 Å². The van der Waals surface area contributed by atoms with Crippen molar-refractivity contribution < 1.29 is 17.9 Å². The second-order valence-electron chi connectivity index (χ2n) is 3.71. The maximum absolute atomic E-state index is 11.4. The average molecular weight is 337 g/mol. The molecule has 8 heteroatoms. The molecule has 1 amide bonds. The molecular formula is C10H13BrN2O4S. The van der Waals surface area contributed by atoms with Crippen molar-refractivity contribution in [2.45, 2.75) is 4.90 Å². The lowest BCUT2D eigenvalue weighted by Gasteiger charge is -2.13. The fraction of sp³-hybridized carbons (Fsp3) is 0.300. The molecule has 0 fully saturated rings. The average Bonchev–Trinajstić information content (AvgIpc) is 2.25. The van der Waals surface area contributed by atoms with Crippen LogP contribution in [0.15, 0.2) is 27.6 Å². The van der Waals surface area contributed by atoms with E-state index >= 15 is 0 Å². The lowest BCUT2D eigenvalue weighted by molar-refractivity contribution is -0.130. The Labute approximate surface area is 114 Å². The van der Waals surface area contributed by atoms with Gasteiger partial charge in [0.05, 0.1) is 0 Å². The number of nitrogens with two attached hydrogens (primary N) is 1. The predicted molar refractivity (Wildman–Crippen MR) is 69.7 cm³/mol. The Bertz CT molecular complexity index is 557. The first kappa shape index (κ1) is 14.9. The third-order valence-electron chi connectivity index (χ3n) is 2.06. The highest BCUT2D eigenvalue weighted by atomic mass is 79.9. The van der Waals surface area contributed by atoms with Crippen molar-refractivity contribution >= 4 is 31.9 Å². The van der Waals surface area contributed by atoms with Crippen molar-refractivity contribution in [3.63, 3.8) is 0 Å². The fourth-order valence-electron chi connectivity index (χ4n) is 1.09. The summed E-state index contributed by atoms with van der Waals surface area (Å²) in [5.74, 6) is -0.228. The molecule has 1 aromatic carbocycles. The van der Waals surface area contributed by atoms with Crippen LogP contribution in [0.4, 0.5) is 0 Å². The van der Waals surface area contributed by atoms with Gasteiger partial charge >= 0.3 is 0 Å². The van der Waals surface area contributed by atoms with Crippen LogP contribution in [0.1, 0.15) is 0 Å². The number of carbonyl (C=O) groups is 1. The van der Waals surface area contributed by atoms with Crippen LogP contribution in [0.5, 0.6) is 5.75 Å². The van der Waals surface area contributed by atoms with Crippen molar-refractivity contribution in [3.8, 4) is 5.75 Å². The summed E-state index contributed by atoms with van der Waals surface area (Å²) in [5, 5.41) is 5.07. The van der Waals surface area contributed by atoms with Crippen LogP contribution in [-0.4, -0.2) is 39.9 Å². The van der Waals surface area contributed by atoms with E-state index in [-0.39, 0.29) is 23.2 Å².